The van der Waals surface area contributed by atoms with Gasteiger partial charge in [-0.15, -0.1) is 0 Å². The van der Waals surface area contributed by atoms with Crippen molar-refractivity contribution in [2.75, 3.05) is 5.32 Å². The third-order valence-corrected chi connectivity index (χ3v) is 3.01. The number of nitrogens with one attached hydrogen (secondary N) is 1. The van der Waals surface area contributed by atoms with Crippen LogP contribution in [-0.4, -0.2) is 5.91 Å². The van der Waals surface area contributed by atoms with Gasteiger partial charge in [-0.2, -0.15) is 0 Å². The maximum Gasteiger partial charge on any atom is 0.251 e. The van der Waals surface area contributed by atoms with Gasteiger partial charge >= 0.3 is 0 Å². The van der Waals surface area contributed by atoms with Crippen molar-refractivity contribution in [1.82, 2.24) is 0 Å². The quantitative estimate of drug-likeness (QED) is 0.681. The van der Waals surface area contributed by atoms with E-state index >= 15 is 0 Å². The van der Waals surface area contributed by atoms with Crippen LogP contribution in [0.2, 0.25) is 0 Å². The van der Waals surface area contributed by atoms with Gasteiger partial charge in [0, 0.05) is 11.8 Å². The third-order valence-electron chi connectivity index (χ3n) is 3.01. The van der Waals surface area contributed by atoms with Crippen molar-refractivity contribution >= 4 is 11.6 Å². The zero-order valence-corrected chi connectivity index (χ0v) is 11.9. The normalized spacial score (nSPS) is 10.6. The van der Waals surface area contributed by atoms with E-state index in [2.05, 4.69) is 5.32 Å². The van der Waals surface area contributed by atoms with Crippen molar-refractivity contribution in [3.05, 3.63) is 71.7 Å². The minimum atomic E-state index is -0.334. The van der Waals surface area contributed by atoms with Crippen LogP contribution < -0.4 is 10.1 Å². The largest absolute Gasteiger partial charge is 0.465 e. The van der Waals surface area contributed by atoms with Gasteiger partial charge in [0.25, 0.3) is 5.91 Å². The van der Waals surface area contributed by atoms with Gasteiger partial charge in [-0.3, -0.25) is 4.79 Å². The summed E-state index contributed by atoms with van der Waals surface area (Å²) in [6, 6.07) is 11.2. The maximum absolute atomic E-state index is 12.7. The second-order valence-corrected chi connectivity index (χ2v) is 4.66. The van der Waals surface area contributed by atoms with Crippen molar-refractivity contribution in [3.8, 4) is 5.75 Å². The molecule has 0 aliphatic rings. The van der Waals surface area contributed by atoms with E-state index < -0.39 is 0 Å². The second kappa shape index (κ2) is 6.70. The van der Waals surface area contributed by atoms with E-state index in [-0.39, 0.29) is 11.7 Å². The van der Waals surface area contributed by atoms with Crippen LogP contribution in [0.4, 0.5) is 10.1 Å². The predicted molar refractivity (Wildman–Crippen MR) is 80.7 cm³/mol. The first-order chi connectivity index (χ1) is 10.0. The highest BCUT2D eigenvalue weighted by atomic mass is 19.1. The lowest BCUT2D eigenvalue weighted by Crippen LogP contribution is -2.08. The molecule has 0 fully saturated rings. The molecule has 0 aromatic heterocycles. The molecular weight excluding hydrogens is 269 g/mol. The Morgan fingerprint density at radius 1 is 1.10 bits per heavy atom. The molecule has 0 spiro atoms. The van der Waals surface area contributed by atoms with Crippen molar-refractivity contribution in [2.24, 2.45) is 0 Å². The summed E-state index contributed by atoms with van der Waals surface area (Å²) in [5.41, 5.74) is 3.01. The summed E-state index contributed by atoms with van der Waals surface area (Å²) < 4.78 is 17.9. The lowest BCUT2D eigenvalue weighted by atomic mass is 10.1. The lowest BCUT2D eigenvalue weighted by molar-refractivity contribution is -0.112. The highest BCUT2D eigenvalue weighted by molar-refractivity contribution is 5.99. The van der Waals surface area contributed by atoms with E-state index in [0.29, 0.717) is 5.75 Å². The zero-order valence-electron chi connectivity index (χ0n) is 11.9. The molecular formula is C17H16FNO2. The van der Waals surface area contributed by atoms with E-state index in [9.17, 15) is 9.18 Å². The molecule has 2 rings (SSSR count). The molecule has 2 aromatic carbocycles. The monoisotopic (exact) mass is 285 g/mol. The van der Waals surface area contributed by atoms with Crippen LogP contribution >= 0.6 is 0 Å². The summed E-state index contributed by atoms with van der Waals surface area (Å²) in [6.45, 7) is 4.00. The fourth-order valence-corrected chi connectivity index (χ4v) is 1.69. The van der Waals surface area contributed by atoms with Gasteiger partial charge < -0.3 is 10.1 Å². The molecule has 0 saturated carbocycles. The first kappa shape index (κ1) is 14.8. The van der Waals surface area contributed by atoms with Crippen LogP contribution in [0.25, 0.3) is 0 Å². The Balaban J connectivity index is 1.90. The van der Waals surface area contributed by atoms with Crippen LogP contribution in [0.3, 0.4) is 0 Å². The van der Waals surface area contributed by atoms with Crippen LogP contribution in [0, 0.1) is 19.7 Å². The van der Waals surface area contributed by atoms with Gasteiger partial charge in [0.2, 0.25) is 0 Å². The fraction of sp³-hybridized carbons (Fsp3) is 0.118. The molecule has 0 atom stereocenters. The number of carbonyl (C=O) groups is 1. The van der Waals surface area contributed by atoms with Gasteiger partial charge in [0.15, 0.2) is 0 Å². The van der Waals surface area contributed by atoms with Crippen molar-refractivity contribution < 1.29 is 13.9 Å². The van der Waals surface area contributed by atoms with E-state index in [1.807, 2.05) is 32.0 Å². The summed E-state index contributed by atoms with van der Waals surface area (Å²) in [5, 5.41) is 2.74. The number of amides is 1. The highest BCUT2D eigenvalue weighted by Crippen LogP contribution is 2.14. The molecule has 0 aliphatic heterocycles. The van der Waals surface area contributed by atoms with Gasteiger partial charge in [0.05, 0.1) is 6.26 Å². The molecule has 1 N–H and O–H groups in total. The Morgan fingerprint density at radius 2 is 1.81 bits per heavy atom. The van der Waals surface area contributed by atoms with Gasteiger partial charge in [0.1, 0.15) is 11.6 Å². The SMILES string of the molecule is Cc1ccc(NC(=O)C=COc2ccc(F)cc2)cc1C. The Bertz CT molecular complexity index is 663. The van der Waals surface area contributed by atoms with Crippen LogP contribution in [0.15, 0.2) is 54.8 Å². The number of ether oxygens (including phenoxy) is 1. The number of rotatable bonds is 4. The van der Waals surface area contributed by atoms with E-state index in [4.69, 9.17) is 4.74 Å². The Kier molecular flexibility index (Phi) is 4.72. The highest BCUT2D eigenvalue weighted by Gasteiger charge is 2.00. The first-order valence-electron chi connectivity index (χ1n) is 6.51. The average molecular weight is 285 g/mol. The van der Waals surface area contributed by atoms with E-state index in [1.165, 1.54) is 42.2 Å². The van der Waals surface area contributed by atoms with Crippen LogP contribution in [0.1, 0.15) is 11.1 Å². The average Bonchev–Trinajstić information content (AvgIpc) is 2.45. The summed E-state index contributed by atoms with van der Waals surface area (Å²) in [5.74, 6) is -0.161. The third kappa shape index (κ3) is 4.45. The van der Waals surface area contributed by atoms with E-state index in [1.54, 1.807) is 0 Å². The summed E-state index contributed by atoms with van der Waals surface area (Å²) >= 11 is 0. The molecule has 0 heterocycles. The minimum Gasteiger partial charge on any atom is -0.465 e. The Hall–Kier alpha value is -2.62. The molecule has 2 aromatic rings. The van der Waals surface area contributed by atoms with Crippen molar-refractivity contribution in [1.29, 1.82) is 0 Å². The summed E-state index contributed by atoms with van der Waals surface area (Å²) in [6.07, 6.45) is 2.54. The first-order valence-corrected chi connectivity index (χ1v) is 6.51. The zero-order chi connectivity index (χ0) is 15.2. The molecule has 21 heavy (non-hydrogen) atoms. The number of anilines is 1. The number of carbonyl (C=O) groups excluding carboxylic acids is 1. The Morgan fingerprint density at radius 3 is 2.48 bits per heavy atom. The predicted octanol–water partition coefficient (Wildman–Crippen LogP) is 3.97. The topological polar surface area (TPSA) is 38.3 Å². The van der Waals surface area contributed by atoms with Crippen molar-refractivity contribution in [3.63, 3.8) is 0 Å². The molecule has 1 amide bonds. The molecule has 0 saturated heterocycles. The molecule has 4 heteroatoms. The number of aryl methyl sites for hydroxylation is 2. The standard InChI is InChI=1S/C17H16FNO2/c1-12-3-6-15(11-13(12)2)19-17(20)9-10-21-16-7-4-14(18)5-8-16/h3-11H,1-2H3,(H,19,20). The fourth-order valence-electron chi connectivity index (χ4n) is 1.69. The van der Waals surface area contributed by atoms with Crippen LogP contribution in [0.5, 0.6) is 5.75 Å². The maximum atomic E-state index is 12.7. The lowest BCUT2D eigenvalue weighted by Gasteiger charge is -2.05. The molecule has 0 aliphatic carbocycles. The number of benzene rings is 2. The molecule has 108 valence electrons. The minimum absolute atomic E-state index is 0.291. The Labute approximate surface area is 123 Å². The van der Waals surface area contributed by atoms with Crippen molar-refractivity contribution in [2.45, 2.75) is 13.8 Å². The van der Waals surface area contributed by atoms with Gasteiger partial charge in [-0.1, -0.05) is 6.07 Å². The number of hydrogen-bond donors (Lipinski definition) is 1. The van der Waals surface area contributed by atoms with Gasteiger partial charge in [-0.25, -0.2) is 4.39 Å². The number of hydrogen-bond acceptors (Lipinski definition) is 2. The van der Waals surface area contributed by atoms with E-state index in [0.717, 1.165) is 11.3 Å². The molecule has 0 unspecified atom stereocenters. The van der Waals surface area contributed by atoms with Gasteiger partial charge in [-0.05, 0) is 61.4 Å². The second-order valence-electron chi connectivity index (χ2n) is 4.66. The summed E-state index contributed by atoms with van der Waals surface area (Å²) in [7, 11) is 0. The molecule has 0 bridgehead atoms. The summed E-state index contributed by atoms with van der Waals surface area (Å²) in [4.78, 5) is 11.7. The molecule has 0 radical (unpaired) electrons. The molecule has 3 nitrogen and oxygen atoms in total. The smallest absolute Gasteiger partial charge is 0.251 e. The van der Waals surface area contributed by atoms with Crippen LogP contribution in [-0.2, 0) is 4.79 Å². The number of halogens is 1.